The molecule has 0 spiro atoms. The largest absolute Gasteiger partial charge is 0.465 e. The highest BCUT2D eigenvalue weighted by molar-refractivity contribution is 7.15. The summed E-state index contributed by atoms with van der Waals surface area (Å²) in [6, 6.07) is 1.78. The Kier molecular flexibility index (Phi) is 13.4. The van der Waals surface area contributed by atoms with Crippen LogP contribution < -0.4 is 5.32 Å². The number of nitrogens with one attached hydrogen (secondary N) is 1. The third-order valence-electron chi connectivity index (χ3n) is 2.59. The summed E-state index contributed by atoms with van der Waals surface area (Å²) in [6.07, 6.45) is 0. The van der Waals surface area contributed by atoms with Crippen LogP contribution in [0, 0.1) is 17.3 Å². The quantitative estimate of drug-likeness (QED) is 0.616. The third kappa shape index (κ3) is 10.1. The topological polar surface area (TPSA) is 58.6 Å². The lowest BCUT2D eigenvalue weighted by atomic mass is 9.98. The molecule has 0 aromatic carbocycles. The molecular formula is C20H34N2O3S. The van der Waals surface area contributed by atoms with E-state index >= 15 is 0 Å². The van der Waals surface area contributed by atoms with Crippen molar-refractivity contribution in [2.45, 2.75) is 48.5 Å². The Balaban J connectivity index is 0. The van der Waals surface area contributed by atoms with Gasteiger partial charge >= 0.3 is 5.97 Å². The Labute approximate surface area is 163 Å². The van der Waals surface area contributed by atoms with Crippen molar-refractivity contribution in [2.75, 3.05) is 33.1 Å². The first-order valence-electron chi connectivity index (χ1n) is 8.83. The van der Waals surface area contributed by atoms with Crippen molar-refractivity contribution in [3.05, 3.63) is 15.8 Å². The Hall–Kier alpha value is -2.00. The van der Waals surface area contributed by atoms with Crippen LogP contribution in [0.5, 0.6) is 0 Å². The number of rotatable bonds is 4. The van der Waals surface area contributed by atoms with Gasteiger partial charge in [0, 0.05) is 19.5 Å². The van der Waals surface area contributed by atoms with Gasteiger partial charge in [-0.1, -0.05) is 39.5 Å². The Morgan fingerprint density at radius 3 is 2.15 bits per heavy atom. The van der Waals surface area contributed by atoms with Crippen molar-refractivity contribution in [3.63, 3.8) is 0 Å². The highest BCUT2D eigenvalue weighted by Gasteiger charge is 2.17. The number of nitrogens with zero attached hydrogens (tertiary/aromatic N) is 1. The summed E-state index contributed by atoms with van der Waals surface area (Å²) in [5, 5.41) is 2.98. The second-order valence-corrected chi connectivity index (χ2v) is 7.04. The zero-order valence-electron chi connectivity index (χ0n) is 17.9. The normalized spacial score (nSPS) is 9.31. The summed E-state index contributed by atoms with van der Waals surface area (Å²) in [4.78, 5) is 26.2. The third-order valence-corrected chi connectivity index (χ3v) is 3.62. The van der Waals surface area contributed by atoms with E-state index in [0.717, 1.165) is 4.88 Å². The molecule has 1 amide bonds. The summed E-state index contributed by atoms with van der Waals surface area (Å²) in [5.74, 6) is 5.67. The van der Waals surface area contributed by atoms with E-state index in [4.69, 9.17) is 4.74 Å². The van der Waals surface area contributed by atoms with E-state index in [2.05, 4.69) is 17.2 Å². The second-order valence-electron chi connectivity index (χ2n) is 5.99. The highest BCUT2D eigenvalue weighted by Crippen LogP contribution is 2.28. The molecule has 0 radical (unpaired) electrons. The zero-order valence-corrected chi connectivity index (χ0v) is 18.7. The molecule has 1 heterocycles. The molecule has 0 saturated carbocycles. The molecule has 5 nitrogen and oxygen atoms in total. The molecule has 1 aromatic heterocycles. The summed E-state index contributed by atoms with van der Waals surface area (Å²) < 4.78 is 4.78. The average molecular weight is 383 g/mol. The smallest absolute Gasteiger partial charge is 0.350 e. The van der Waals surface area contributed by atoms with Crippen LogP contribution in [-0.2, 0) is 9.53 Å². The second kappa shape index (κ2) is 13.2. The molecule has 0 saturated heterocycles. The molecule has 148 valence electrons. The van der Waals surface area contributed by atoms with Gasteiger partial charge in [0.2, 0.25) is 5.91 Å². The minimum absolute atomic E-state index is 0.0793. The minimum atomic E-state index is -0.436. The van der Waals surface area contributed by atoms with Gasteiger partial charge in [-0.15, -0.1) is 11.3 Å². The van der Waals surface area contributed by atoms with Crippen LogP contribution in [-0.4, -0.2) is 44.5 Å². The number of carbonyl (C=O) groups is 2. The number of esters is 1. The van der Waals surface area contributed by atoms with Crippen LogP contribution in [0.1, 0.15) is 63.0 Å². The molecule has 1 aromatic rings. The van der Waals surface area contributed by atoms with E-state index in [1.165, 1.54) is 23.3 Å². The number of carbonyl (C=O) groups excluding carboxylic acids is 2. The lowest BCUT2D eigenvalue weighted by Gasteiger charge is -2.11. The van der Waals surface area contributed by atoms with Crippen molar-refractivity contribution in [2.24, 2.45) is 5.41 Å². The molecule has 0 bridgehead atoms. The highest BCUT2D eigenvalue weighted by atomic mass is 32.1. The van der Waals surface area contributed by atoms with E-state index in [0.29, 0.717) is 10.6 Å². The van der Waals surface area contributed by atoms with Gasteiger partial charge in [0.25, 0.3) is 0 Å². The van der Waals surface area contributed by atoms with Gasteiger partial charge in [0.1, 0.15) is 4.88 Å². The van der Waals surface area contributed by atoms with Crippen molar-refractivity contribution in [1.29, 1.82) is 0 Å². The Bertz CT molecular complexity index is 617. The van der Waals surface area contributed by atoms with Gasteiger partial charge in [-0.25, -0.2) is 4.79 Å². The number of methoxy groups -OCH3 is 1. The molecule has 1 rings (SSSR count). The van der Waals surface area contributed by atoms with E-state index < -0.39 is 5.97 Å². The predicted octanol–water partition coefficient (Wildman–Crippen LogP) is 4.48. The molecule has 0 unspecified atom stereocenters. The molecule has 0 atom stereocenters. The molecular weight excluding hydrogens is 348 g/mol. The fourth-order valence-electron chi connectivity index (χ4n) is 1.41. The summed E-state index contributed by atoms with van der Waals surface area (Å²) >= 11 is 1.26. The maximum absolute atomic E-state index is 11.8. The average Bonchev–Trinajstić information content (AvgIpc) is 3.03. The van der Waals surface area contributed by atoms with Gasteiger partial charge in [0.05, 0.1) is 24.2 Å². The lowest BCUT2D eigenvalue weighted by Crippen LogP contribution is -2.28. The first-order chi connectivity index (χ1) is 12.1. The Morgan fingerprint density at radius 1 is 1.19 bits per heavy atom. The van der Waals surface area contributed by atoms with Crippen molar-refractivity contribution in [3.8, 4) is 11.8 Å². The van der Waals surface area contributed by atoms with Crippen LogP contribution in [0.15, 0.2) is 6.07 Å². The monoisotopic (exact) mass is 382 g/mol. The SMILES string of the molecule is CC.CC.COC(=O)c1sc(C#CC(C)(C)C)cc1NCC(=O)N(C)C. The van der Waals surface area contributed by atoms with Crippen molar-refractivity contribution < 1.29 is 14.3 Å². The summed E-state index contributed by atoms with van der Waals surface area (Å²) in [5.41, 5.74) is 0.453. The fraction of sp³-hybridized carbons (Fsp3) is 0.600. The van der Waals surface area contributed by atoms with Crippen molar-refractivity contribution in [1.82, 2.24) is 4.90 Å². The summed E-state index contributed by atoms with van der Waals surface area (Å²) in [7, 11) is 4.69. The molecule has 0 aliphatic carbocycles. The molecule has 26 heavy (non-hydrogen) atoms. The molecule has 0 fully saturated rings. The van der Waals surface area contributed by atoms with E-state index in [9.17, 15) is 9.59 Å². The molecule has 6 heteroatoms. The maximum atomic E-state index is 11.8. The van der Waals surface area contributed by atoms with E-state index in [-0.39, 0.29) is 17.9 Å². The van der Waals surface area contributed by atoms with Crippen LogP contribution >= 0.6 is 11.3 Å². The van der Waals surface area contributed by atoms with Gasteiger partial charge in [-0.3, -0.25) is 4.79 Å². The maximum Gasteiger partial charge on any atom is 0.350 e. The zero-order chi connectivity index (χ0) is 20.9. The van der Waals surface area contributed by atoms with Crippen LogP contribution in [0.25, 0.3) is 0 Å². The number of hydrogen-bond donors (Lipinski definition) is 1. The first-order valence-corrected chi connectivity index (χ1v) is 9.65. The molecule has 0 aliphatic heterocycles. The molecule has 1 N–H and O–H groups in total. The number of amides is 1. The predicted molar refractivity (Wildman–Crippen MR) is 112 cm³/mol. The first kappa shape index (κ1) is 26.2. The van der Waals surface area contributed by atoms with Gasteiger partial charge in [-0.2, -0.15) is 0 Å². The number of likely N-dealkylation sites (N-methyl/N-ethyl adjacent to an activating group) is 1. The van der Waals surface area contributed by atoms with Crippen molar-refractivity contribution >= 4 is 28.9 Å². The van der Waals surface area contributed by atoms with Crippen LogP contribution in [0.2, 0.25) is 0 Å². The van der Waals surface area contributed by atoms with Gasteiger partial charge < -0.3 is 15.0 Å². The fourth-order valence-corrected chi connectivity index (χ4v) is 2.31. The van der Waals surface area contributed by atoms with E-state index in [1.807, 2.05) is 48.5 Å². The van der Waals surface area contributed by atoms with Crippen LogP contribution in [0.3, 0.4) is 0 Å². The van der Waals surface area contributed by atoms with E-state index in [1.54, 1.807) is 20.2 Å². The Morgan fingerprint density at radius 2 is 1.73 bits per heavy atom. The van der Waals surface area contributed by atoms with Crippen LogP contribution in [0.4, 0.5) is 5.69 Å². The summed E-state index contributed by atoms with van der Waals surface area (Å²) in [6.45, 7) is 14.2. The number of ether oxygens (including phenoxy) is 1. The number of anilines is 1. The number of thiophene rings is 1. The minimum Gasteiger partial charge on any atom is -0.465 e. The van der Waals surface area contributed by atoms with Gasteiger partial charge in [-0.05, 0) is 26.8 Å². The standard InChI is InChI=1S/C16H22N2O3S.2C2H6/c1-16(2,3)8-7-11-9-12(14(22-11)15(20)21-6)17-10-13(19)18(4)5;2*1-2/h9,17H,10H2,1-6H3;2*1-2H3. The number of hydrogen-bond acceptors (Lipinski definition) is 5. The van der Waals surface area contributed by atoms with Gasteiger partial charge in [0.15, 0.2) is 0 Å². The lowest BCUT2D eigenvalue weighted by molar-refractivity contribution is -0.126. The molecule has 0 aliphatic rings.